The van der Waals surface area contributed by atoms with Crippen molar-refractivity contribution in [2.45, 2.75) is 64.9 Å². The number of rotatable bonds is 11. The van der Waals surface area contributed by atoms with E-state index in [-0.39, 0.29) is 0 Å². The van der Waals surface area contributed by atoms with Gasteiger partial charge in [-0.05, 0) is 47.2 Å². The Bertz CT molecular complexity index is 353. The number of guanidine groups is 1. The molecule has 0 saturated carbocycles. The standard InChI is InChI=1S/C17H37N5O2/c1-17(2,3)24-16(23)22-15(21-14-13-19-4)20-12-10-8-6-5-7-9-11-18/h19H,5-14,18H2,1-4H3,(H2,20,21,22,23). The molecule has 0 rings (SSSR count). The molecule has 0 heterocycles. The molecule has 0 aliphatic carbocycles. The van der Waals surface area contributed by atoms with Crippen molar-refractivity contribution in [3.8, 4) is 0 Å². The Labute approximate surface area is 147 Å². The van der Waals surface area contributed by atoms with Gasteiger partial charge in [-0.1, -0.05) is 25.7 Å². The lowest BCUT2D eigenvalue weighted by Gasteiger charge is -2.20. The van der Waals surface area contributed by atoms with E-state index in [4.69, 9.17) is 10.5 Å². The van der Waals surface area contributed by atoms with Gasteiger partial charge in [0.2, 0.25) is 5.96 Å². The van der Waals surface area contributed by atoms with Crippen molar-refractivity contribution >= 4 is 12.1 Å². The van der Waals surface area contributed by atoms with E-state index in [0.717, 1.165) is 32.4 Å². The Morgan fingerprint density at radius 2 is 1.67 bits per heavy atom. The first-order valence-corrected chi connectivity index (χ1v) is 9.02. The molecule has 7 heteroatoms. The van der Waals surface area contributed by atoms with Crippen molar-refractivity contribution in [2.75, 3.05) is 33.2 Å². The number of carbonyl (C=O) groups is 1. The summed E-state index contributed by atoms with van der Waals surface area (Å²) in [6.45, 7) is 8.45. The molecule has 0 aromatic rings. The van der Waals surface area contributed by atoms with Crippen LogP contribution in [0.4, 0.5) is 4.79 Å². The first kappa shape index (κ1) is 22.7. The van der Waals surface area contributed by atoms with Gasteiger partial charge in [0.05, 0.1) is 0 Å². The minimum Gasteiger partial charge on any atom is -0.444 e. The highest BCUT2D eigenvalue weighted by atomic mass is 16.6. The number of aliphatic imine (C=N–C) groups is 1. The van der Waals surface area contributed by atoms with E-state index in [9.17, 15) is 4.79 Å². The maximum absolute atomic E-state index is 11.9. The fraction of sp³-hybridized carbons (Fsp3) is 0.882. The van der Waals surface area contributed by atoms with Crippen LogP contribution in [-0.4, -0.2) is 50.9 Å². The van der Waals surface area contributed by atoms with Crippen LogP contribution in [0.25, 0.3) is 0 Å². The molecule has 0 radical (unpaired) electrons. The summed E-state index contributed by atoms with van der Waals surface area (Å²) in [4.78, 5) is 16.3. The third-order valence-corrected chi connectivity index (χ3v) is 3.17. The van der Waals surface area contributed by atoms with Gasteiger partial charge in [0.15, 0.2) is 0 Å². The second kappa shape index (κ2) is 14.0. The topological polar surface area (TPSA) is 101 Å². The van der Waals surface area contributed by atoms with Crippen LogP contribution in [0.1, 0.15) is 59.3 Å². The Morgan fingerprint density at radius 1 is 1.04 bits per heavy atom. The fourth-order valence-corrected chi connectivity index (χ4v) is 2.00. The number of nitrogens with two attached hydrogens (primary N) is 1. The molecule has 1 amide bonds. The minimum absolute atomic E-state index is 0.475. The van der Waals surface area contributed by atoms with Gasteiger partial charge in [-0.15, -0.1) is 0 Å². The summed E-state index contributed by atoms with van der Waals surface area (Å²) in [5, 5.41) is 8.85. The smallest absolute Gasteiger partial charge is 0.414 e. The molecule has 24 heavy (non-hydrogen) atoms. The normalized spacial score (nSPS) is 12.1. The van der Waals surface area contributed by atoms with Crippen LogP contribution >= 0.6 is 0 Å². The number of hydrogen-bond donors (Lipinski definition) is 4. The Hall–Kier alpha value is -1.34. The molecule has 142 valence electrons. The molecular weight excluding hydrogens is 306 g/mol. The molecule has 0 unspecified atom stereocenters. The molecule has 0 bridgehead atoms. The molecule has 0 aliphatic heterocycles. The van der Waals surface area contributed by atoms with E-state index in [1.165, 1.54) is 19.3 Å². The van der Waals surface area contributed by atoms with Gasteiger partial charge in [-0.25, -0.2) is 4.79 Å². The first-order valence-electron chi connectivity index (χ1n) is 9.02. The van der Waals surface area contributed by atoms with Gasteiger partial charge in [0, 0.05) is 19.6 Å². The summed E-state index contributed by atoms with van der Waals surface area (Å²) in [5.41, 5.74) is 4.95. The molecule has 0 saturated heterocycles. The van der Waals surface area contributed by atoms with E-state index < -0.39 is 11.7 Å². The highest BCUT2D eigenvalue weighted by Gasteiger charge is 2.17. The van der Waals surface area contributed by atoms with Crippen molar-refractivity contribution in [1.82, 2.24) is 16.0 Å². The SMILES string of the molecule is CNCCNC(=NCCCCCCCCN)NC(=O)OC(C)(C)C. The molecule has 0 fully saturated rings. The summed E-state index contributed by atoms with van der Waals surface area (Å²) in [7, 11) is 1.88. The maximum Gasteiger partial charge on any atom is 0.414 e. The van der Waals surface area contributed by atoms with Gasteiger partial charge in [-0.2, -0.15) is 0 Å². The number of amides is 1. The largest absolute Gasteiger partial charge is 0.444 e. The van der Waals surface area contributed by atoms with Crippen LogP contribution in [-0.2, 0) is 4.74 Å². The van der Waals surface area contributed by atoms with Crippen LogP contribution < -0.4 is 21.7 Å². The third-order valence-electron chi connectivity index (χ3n) is 3.17. The molecule has 0 aromatic heterocycles. The van der Waals surface area contributed by atoms with Gasteiger partial charge in [0.1, 0.15) is 5.60 Å². The molecule has 5 N–H and O–H groups in total. The summed E-state index contributed by atoms with van der Waals surface area (Å²) >= 11 is 0. The highest BCUT2D eigenvalue weighted by molar-refractivity contribution is 5.94. The zero-order chi connectivity index (χ0) is 18.3. The number of likely N-dealkylation sites (N-methyl/N-ethyl adjacent to an activating group) is 1. The molecule has 7 nitrogen and oxygen atoms in total. The van der Waals surface area contributed by atoms with Crippen LogP contribution in [0, 0.1) is 0 Å². The van der Waals surface area contributed by atoms with Crippen molar-refractivity contribution in [1.29, 1.82) is 0 Å². The van der Waals surface area contributed by atoms with Gasteiger partial charge < -0.3 is 21.1 Å². The van der Waals surface area contributed by atoms with Crippen molar-refractivity contribution < 1.29 is 9.53 Å². The Morgan fingerprint density at radius 3 is 2.25 bits per heavy atom. The van der Waals surface area contributed by atoms with Gasteiger partial charge >= 0.3 is 6.09 Å². The molecule has 0 atom stereocenters. The number of alkyl carbamates (subject to hydrolysis) is 1. The van der Waals surface area contributed by atoms with Crippen LogP contribution in [0.15, 0.2) is 4.99 Å². The number of nitrogens with one attached hydrogen (secondary N) is 3. The third kappa shape index (κ3) is 15.6. The van der Waals surface area contributed by atoms with Crippen molar-refractivity contribution in [2.24, 2.45) is 10.7 Å². The molecule has 0 spiro atoms. The lowest BCUT2D eigenvalue weighted by molar-refractivity contribution is 0.0561. The predicted octanol–water partition coefficient (Wildman–Crippen LogP) is 1.98. The predicted molar refractivity (Wildman–Crippen MR) is 100 cm³/mol. The monoisotopic (exact) mass is 343 g/mol. The maximum atomic E-state index is 11.9. The highest BCUT2D eigenvalue weighted by Crippen LogP contribution is 2.06. The number of ether oxygens (including phenoxy) is 1. The average molecular weight is 344 g/mol. The van der Waals surface area contributed by atoms with E-state index >= 15 is 0 Å². The number of unbranched alkanes of at least 4 members (excludes halogenated alkanes) is 5. The summed E-state index contributed by atoms with van der Waals surface area (Å²) in [6, 6.07) is 0. The lowest BCUT2D eigenvalue weighted by atomic mass is 10.1. The number of nitrogens with zero attached hydrogens (tertiary/aromatic N) is 1. The van der Waals surface area contributed by atoms with Gasteiger partial charge in [-0.3, -0.25) is 10.3 Å². The van der Waals surface area contributed by atoms with E-state index in [1.807, 2.05) is 27.8 Å². The van der Waals surface area contributed by atoms with Gasteiger partial charge in [0.25, 0.3) is 0 Å². The number of hydrogen-bond acceptors (Lipinski definition) is 5. The minimum atomic E-state index is -0.524. The van der Waals surface area contributed by atoms with Crippen LogP contribution in [0.5, 0.6) is 0 Å². The zero-order valence-corrected chi connectivity index (χ0v) is 15.9. The second-order valence-corrected chi connectivity index (χ2v) is 6.80. The van der Waals surface area contributed by atoms with E-state index in [0.29, 0.717) is 19.0 Å². The fourth-order valence-electron chi connectivity index (χ4n) is 2.00. The average Bonchev–Trinajstić information content (AvgIpc) is 2.48. The summed E-state index contributed by atoms with van der Waals surface area (Å²) in [5.74, 6) is 0.475. The number of carbonyl (C=O) groups excluding carboxylic acids is 1. The Balaban J connectivity index is 4.15. The van der Waals surface area contributed by atoms with Crippen LogP contribution in [0.3, 0.4) is 0 Å². The molecule has 0 aromatic carbocycles. The van der Waals surface area contributed by atoms with Crippen LogP contribution in [0.2, 0.25) is 0 Å². The quantitative estimate of drug-likeness (QED) is 0.261. The van der Waals surface area contributed by atoms with Crippen molar-refractivity contribution in [3.63, 3.8) is 0 Å². The second-order valence-electron chi connectivity index (χ2n) is 6.80. The van der Waals surface area contributed by atoms with E-state index in [1.54, 1.807) is 0 Å². The first-order chi connectivity index (χ1) is 11.4. The zero-order valence-electron chi connectivity index (χ0n) is 15.9. The molecule has 0 aliphatic rings. The summed E-state index contributed by atoms with van der Waals surface area (Å²) < 4.78 is 5.26. The van der Waals surface area contributed by atoms with Crippen molar-refractivity contribution in [3.05, 3.63) is 0 Å². The van der Waals surface area contributed by atoms with E-state index in [2.05, 4.69) is 20.9 Å². The lowest BCUT2D eigenvalue weighted by Crippen LogP contribution is -2.45. The Kier molecular flexibility index (Phi) is 13.3. The summed E-state index contributed by atoms with van der Waals surface area (Å²) in [6.07, 6.45) is 6.41. The molecular formula is C17H37N5O2.